The number of carbonyl (C=O) groups excluding carboxylic acids is 1. The van der Waals surface area contributed by atoms with E-state index in [1.807, 2.05) is 19.1 Å². The predicted octanol–water partition coefficient (Wildman–Crippen LogP) is 3.60. The number of carbonyl (C=O) groups is 1. The van der Waals surface area contributed by atoms with Gasteiger partial charge in [-0.15, -0.1) is 0 Å². The molecule has 31 heavy (non-hydrogen) atoms. The molecule has 4 rings (SSSR count). The summed E-state index contributed by atoms with van der Waals surface area (Å²) < 4.78 is 7.76. The van der Waals surface area contributed by atoms with Crippen molar-refractivity contribution in [2.24, 2.45) is 0 Å². The zero-order valence-electron chi connectivity index (χ0n) is 17.7. The molecule has 2 aliphatic heterocycles. The summed E-state index contributed by atoms with van der Waals surface area (Å²) in [6.07, 6.45) is 7.29. The fourth-order valence-corrected chi connectivity index (χ4v) is 5.02. The number of nitrogens with one attached hydrogen (secondary N) is 1. The first-order valence-electron chi connectivity index (χ1n) is 10.6. The summed E-state index contributed by atoms with van der Waals surface area (Å²) in [4.78, 5) is 33.1. The van der Waals surface area contributed by atoms with Gasteiger partial charge in [0.2, 0.25) is 0 Å². The Morgan fingerprint density at radius 1 is 1.42 bits per heavy atom. The molecule has 164 valence electrons. The van der Waals surface area contributed by atoms with Crippen LogP contribution in [0, 0.1) is 6.92 Å². The van der Waals surface area contributed by atoms with Gasteiger partial charge >= 0.3 is 0 Å². The van der Waals surface area contributed by atoms with Crippen LogP contribution in [0.5, 0.6) is 0 Å². The van der Waals surface area contributed by atoms with Gasteiger partial charge in [0.05, 0.1) is 16.6 Å². The van der Waals surface area contributed by atoms with Crippen LogP contribution in [0.1, 0.15) is 43.7 Å². The van der Waals surface area contributed by atoms with Crippen molar-refractivity contribution < 1.29 is 9.53 Å². The van der Waals surface area contributed by atoms with Gasteiger partial charge in [-0.2, -0.15) is 0 Å². The number of amides is 1. The van der Waals surface area contributed by atoms with Crippen molar-refractivity contribution in [3.63, 3.8) is 0 Å². The molecule has 0 radical (unpaired) electrons. The Balaban J connectivity index is 1.74. The molecule has 2 aliphatic rings. The average molecular weight is 459 g/mol. The number of anilines is 1. The fraction of sp³-hybridized carbons (Fsp3) is 0.455. The zero-order valence-corrected chi connectivity index (χ0v) is 19.4. The Kier molecular flexibility index (Phi) is 6.74. The minimum Gasteiger partial charge on any atom is -0.376 e. The van der Waals surface area contributed by atoms with Crippen molar-refractivity contribution in [2.45, 2.75) is 45.6 Å². The molecule has 2 aromatic heterocycles. The van der Waals surface area contributed by atoms with E-state index >= 15 is 0 Å². The highest BCUT2D eigenvalue weighted by atomic mass is 32.2. The van der Waals surface area contributed by atoms with E-state index in [-0.39, 0.29) is 17.6 Å². The maximum Gasteiger partial charge on any atom is 0.267 e. The third kappa shape index (κ3) is 4.53. The van der Waals surface area contributed by atoms with E-state index in [0.29, 0.717) is 39.3 Å². The largest absolute Gasteiger partial charge is 0.376 e. The monoisotopic (exact) mass is 458 g/mol. The molecule has 0 aromatic carbocycles. The van der Waals surface area contributed by atoms with Crippen molar-refractivity contribution in [3.8, 4) is 0 Å². The summed E-state index contributed by atoms with van der Waals surface area (Å²) in [5.74, 6) is 0.316. The maximum atomic E-state index is 13.4. The molecular formula is C22H26N4O3S2. The third-order valence-corrected chi connectivity index (χ3v) is 6.87. The highest BCUT2D eigenvalue weighted by molar-refractivity contribution is 8.26. The first kappa shape index (κ1) is 22.0. The number of fused-ring (bicyclic) bond motifs is 1. The van der Waals surface area contributed by atoms with Crippen molar-refractivity contribution in [2.75, 3.05) is 25.0 Å². The fourth-order valence-electron chi connectivity index (χ4n) is 3.73. The molecule has 1 amide bonds. The molecule has 1 N–H and O–H groups in total. The Hall–Kier alpha value is -2.23. The lowest BCUT2D eigenvalue weighted by Gasteiger charge is -2.15. The second-order valence-corrected chi connectivity index (χ2v) is 9.44. The molecule has 7 nitrogen and oxygen atoms in total. The minimum absolute atomic E-state index is 0.0947. The predicted molar refractivity (Wildman–Crippen MR) is 128 cm³/mol. The van der Waals surface area contributed by atoms with Crippen LogP contribution in [0.3, 0.4) is 0 Å². The van der Waals surface area contributed by atoms with Crippen LogP contribution in [-0.4, -0.2) is 50.3 Å². The second-order valence-electron chi connectivity index (χ2n) is 7.77. The molecule has 9 heteroatoms. The Labute approximate surface area is 190 Å². The Morgan fingerprint density at radius 3 is 3.00 bits per heavy atom. The Morgan fingerprint density at radius 2 is 2.26 bits per heavy atom. The van der Waals surface area contributed by atoms with Gasteiger partial charge in [0, 0.05) is 25.9 Å². The SMILES string of the molecule is CCCCN1C(=O)/C(=C/c2c(NC[C@@H]3CCCO3)nc3c(C)cccn3c2=O)SC1=S. The van der Waals surface area contributed by atoms with Crippen LogP contribution in [0.2, 0.25) is 0 Å². The number of nitrogens with zero attached hydrogens (tertiary/aromatic N) is 3. The van der Waals surface area contributed by atoms with E-state index < -0.39 is 0 Å². The highest BCUT2D eigenvalue weighted by Gasteiger charge is 2.32. The number of aromatic nitrogens is 2. The summed E-state index contributed by atoms with van der Waals surface area (Å²) in [5.41, 5.74) is 1.63. The lowest BCUT2D eigenvalue weighted by atomic mass is 10.2. The van der Waals surface area contributed by atoms with Crippen molar-refractivity contribution >= 4 is 51.7 Å². The number of thioether (sulfide) groups is 1. The molecule has 2 saturated heterocycles. The second kappa shape index (κ2) is 9.50. The van der Waals surface area contributed by atoms with Crippen LogP contribution in [0.15, 0.2) is 28.0 Å². The first-order chi connectivity index (χ1) is 15.0. The van der Waals surface area contributed by atoms with Gasteiger partial charge in [-0.3, -0.25) is 18.9 Å². The van der Waals surface area contributed by atoms with Gasteiger partial charge < -0.3 is 10.1 Å². The number of aryl methyl sites for hydroxylation is 1. The van der Waals surface area contributed by atoms with Gasteiger partial charge in [0.1, 0.15) is 15.8 Å². The van der Waals surface area contributed by atoms with E-state index in [4.69, 9.17) is 21.9 Å². The molecule has 0 bridgehead atoms. The summed E-state index contributed by atoms with van der Waals surface area (Å²) in [6, 6.07) is 3.74. The lowest BCUT2D eigenvalue weighted by molar-refractivity contribution is -0.122. The van der Waals surface area contributed by atoms with E-state index in [2.05, 4.69) is 12.2 Å². The van der Waals surface area contributed by atoms with Crippen molar-refractivity contribution in [3.05, 3.63) is 44.7 Å². The van der Waals surface area contributed by atoms with E-state index in [0.717, 1.165) is 37.9 Å². The summed E-state index contributed by atoms with van der Waals surface area (Å²) >= 11 is 6.64. The van der Waals surface area contributed by atoms with E-state index in [9.17, 15) is 9.59 Å². The quantitative estimate of drug-likeness (QED) is 0.502. The molecule has 2 fully saturated rings. The van der Waals surface area contributed by atoms with Crippen LogP contribution < -0.4 is 10.9 Å². The van der Waals surface area contributed by atoms with Gasteiger partial charge in [0.25, 0.3) is 11.5 Å². The van der Waals surface area contributed by atoms with Crippen molar-refractivity contribution in [1.82, 2.24) is 14.3 Å². The summed E-state index contributed by atoms with van der Waals surface area (Å²) in [7, 11) is 0. The van der Waals surface area contributed by atoms with Crippen LogP contribution in [0.4, 0.5) is 5.82 Å². The minimum atomic E-state index is -0.220. The molecule has 4 heterocycles. The van der Waals surface area contributed by atoms with Crippen LogP contribution in [0.25, 0.3) is 11.7 Å². The Bertz CT molecular complexity index is 1110. The van der Waals surface area contributed by atoms with Crippen LogP contribution in [-0.2, 0) is 9.53 Å². The number of ether oxygens (including phenoxy) is 1. The normalized spacial score (nSPS) is 20.4. The standard InChI is InChI=1S/C22H26N4O3S2/c1-3-4-9-26-21(28)17(31-22(26)30)12-16-18(23-13-15-8-6-11-29-15)24-19-14(2)7-5-10-25(19)20(16)27/h5,7,10,12,15,23H,3-4,6,8-9,11,13H2,1-2H3/b17-12-/t15-/m0/s1. The van der Waals surface area contributed by atoms with E-state index in [1.165, 1.54) is 16.2 Å². The van der Waals surface area contributed by atoms with Crippen LogP contribution >= 0.6 is 24.0 Å². The number of hydrogen-bond donors (Lipinski definition) is 1. The number of pyridine rings is 1. The molecule has 1 atom stereocenters. The lowest BCUT2D eigenvalue weighted by Crippen LogP contribution is -2.29. The zero-order chi connectivity index (χ0) is 22.0. The van der Waals surface area contributed by atoms with Gasteiger partial charge in [-0.25, -0.2) is 4.98 Å². The summed E-state index contributed by atoms with van der Waals surface area (Å²) in [6.45, 7) is 5.91. The van der Waals surface area contributed by atoms with Gasteiger partial charge in [0.15, 0.2) is 0 Å². The molecular weight excluding hydrogens is 432 g/mol. The van der Waals surface area contributed by atoms with Gasteiger partial charge in [-0.05, 0) is 43.9 Å². The van der Waals surface area contributed by atoms with Crippen molar-refractivity contribution in [1.29, 1.82) is 0 Å². The smallest absolute Gasteiger partial charge is 0.267 e. The third-order valence-electron chi connectivity index (χ3n) is 5.49. The van der Waals surface area contributed by atoms with Gasteiger partial charge in [-0.1, -0.05) is 43.4 Å². The maximum absolute atomic E-state index is 13.4. The number of hydrogen-bond acceptors (Lipinski definition) is 7. The average Bonchev–Trinajstić information content (AvgIpc) is 3.36. The highest BCUT2D eigenvalue weighted by Crippen LogP contribution is 2.33. The number of unbranched alkanes of at least 4 members (excludes halogenated alkanes) is 1. The summed E-state index contributed by atoms with van der Waals surface area (Å²) in [5, 5.41) is 3.30. The number of thiocarbonyl (C=S) groups is 1. The molecule has 0 aliphatic carbocycles. The molecule has 0 saturated carbocycles. The van der Waals surface area contributed by atoms with E-state index in [1.54, 1.807) is 17.2 Å². The molecule has 0 spiro atoms. The molecule has 2 aromatic rings. The molecule has 0 unspecified atom stereocenters. The topological polar surface area (TPSA) is 75.9 Å². The number of rotatable bonds is 7. The first-order valence-corrected chi connectivity index (χ1v) is 11.8.